The molecule has 0 aliphatic heterocycles. The molecule has 78 valence electrons. The largest absolute Gasteiger partial charge is 0.330 e. The molecule has 0 radical (unpaired) electrons. The van der Waals surface area contributed by atoms with Crippen molar-refractivity contribution in [1.29, 1.82) is 0 Å². The van der Waals surface area contributed by atoms with Crippen LogP contribution in [0.1, 0.15) is 31.2 Å². The highest BCUT2D eigenvalue weighted by Crippen LogP contribution is 2.30. The Kier molecular flexibility index (Phi) is 3.19. The maximum Gasteiger partial charge on any atom is 0.0519 e. The van der Waals surface area contributed by atoms with Gasteiger partial charge < -0.3 is 5.73 Å². The second kappa shape index (κ2) is 4.60. The molecule has 2 unspecified atom stereocenters. The van der Waals surface area contributed by atoms with Crippen LogP contribution in [0.3, 0.4) is 0 Å². The van der Waals surface area contributed by atoms with Gasteiger partial charge in [0.2, 0.25) is 0 Å². The van der Waals surface area contributed by atoms with Gasteiger partial charge in [-0.15, -0.1) is 0 Å². The molecule has 0 amide bonds. The highest BCUT2D eigenvalue weighted by molar-refractivity contribution is 5.03. The standard InChI is InChI=1S/C11H19N3/c12-6-10-3-1-2-9(4-10)5-11-7-13-14-8-11/h7-10H,1-6,12H2,(H,13,14). The molecule has 1 aromatic heterocycles. The molecule has 1 heterocycles. The molecule has 2 atom stereocenters. The average molecular weight is 193 g/mol. The van der Waals surface area contributed by atoms with Crippen LogP contribution in [0.2, 0.25) is 0 Å². The van der Waals surface area contributed by atoms with Crippen LogP contribution >= 0.6 is 0 Å². The first-order valence-corrected chi connectivity index (χ1v) is 5.56. The summed E-state index contributed by atoms with van der Waals surface area (Å²) in [6.07, 6.45) is 10.5. The first-order valence-electron chi connectivity index (χ1n) is 5.56. The van der Waals surface area contributed by atoms with Crippen LogP contribution in [0.5, 0.6) is 0 Å². The van der Waals surface area contributed by atoms with Gasteiger partial charge in [-0.25, -0.2) is 0 Å². The van der Waals surface area contributed by atoms with Gasteiger partial charge >= 0.3 is 0 Å². The number of H-pyrrole nitrogens is 1. The monoisotopic (exact) mass is 193 g/mol. The first-order chi connectivity index (χ1) is 6.88. The lowest BCUT2D eigenvalue weighted by Crippen LogP contribution is -2.23. The van der Waals surface area contributed by atoms with E-state index in [0.717, 1.165) is 18.4 Å². The number of nitrogens with zero attached hydrogens (tertiary/aromatic N) is 1. The van der Waals surface area contributed by atoms with Gasteiger partial charge in [0.05, 0.1) is 6.20 Å². The topological polar surface area (TPSA) is 54.7 Å². The molecule has 2 rings (SSSR count). The van der Waals surface area contributed by atoms with Gasteiger partial charge in [-0.1, -0.05) is 12.8 Å². The minimum absolute atomic E-state index is 0.764. The second-order valence-electron chi connectivity index (χ2n) is 4.45. The summed E-state index contributed by atoms with van der Waals surface area (Å²) in [4.78, 5) is 0. The predicted octanol–water partition coefficient (Wildman–Crippen LogP) is 1.72. The van der Waals surface area contributed by atoms with Crippen molar-refractivity contribution in [1.82, 2.24) is 10.2 Å². The predicted molar refractivity (Wildman–Crippen MR) is 56.8 cm³/mol. The fourth-order valence-corrected chi connectivity index (χ4v) is 2.52. The molecule has 3 nitrogen and oxygen atoms in total. The Hall–Kier alpha value is -0.830. The van der Waals surface area contributed by atoms with Gasteiger partial charge in [0.15, 0.2) is 0 Å². The molecule has 0 bridgehead atoms. The third kappa shape index (κ3) is 2.35. The number of aromatic amines is 1. The summed E-state index contributed by atoms with van der Waals surface area (Å²) in [7, 11) is 0. The quantitative estimate of drug-likeness (QED) is 0.768. The number of rotatable bonds is 3. The van der Waals surface area contributed by atoms with Crippen LogP contribution in [-0.2, 0) is 6.42 Å². The number of aromatic nitrogens is 2. The third-order valence-electron chi connectivity index (χ3n) is 3.30. The zero-order valence-electron chi connectivity index (χ0n) is 8.58. The molecule has 1 fully saturated rings. The van der Waals surface area contributed by atoms with Crippen molar-refractivity contribution in [2.75, 3.05) is 6.54 Å². The molecule has 0 aromatic carbocycles. The van der Waals surface area contributed by atoms with E-state index in [1.807, 2.05) is 12.4 Å². The maximum absolute atomic E-state index is 5.72. The van der Waals surface area contributed by atoms with Crippen molar-refractivity contribution < 1.29 is 0 Å². The summed E-state index contributed by atoms with van der Waals surface area (Å²) >= 11 is 0. The van der Waals surface area contributed by atoms with Gasteiger partial charge in [0, 0.05) is 6.20 Å². The van der Waals surface area contributed by atoms with Gasteiger partial charge in [0.25, 0.3) is 0 Å². The summed E-state index contributed by atoms with van der Waals surface area (Å²) in [6, 6.07) is 0. The summed E-state index contributed by atoms with van der Waals surface area (Å²) in [5.41, 5.74) is 7.06. The Labute approximate surface area is 85.1 Å². The van der Waals surface area contributed by atoms with E-state index in [4.69, 9.17) is 5.73 Å². The van der Waals surface area contributed by atoms with Crippen molar-refractivity contribution >= 4 is 0 Å². The van der Waals surface area contributed by atoms with Crippen molar-refractivity contribution in [2.45, 2.75) is 32.1 Å². The number of hydrogen-bond donors (Lipinski definition) is 2. The van der Waals surface area contributed by atoms with Crippen molar-refractivity contribution in [3.8, 4) is 0 Å². The first kappa shape index (κ1) is 9.71. The molecule has 14 heavy (non-hydrogen) atoms. The normalized spacial score (nSPS) is 27.8. The molecule has 0 saturated heterocycles. The van der Waals surface area contributed by atoms with E-state index in [2.05, 4.69) is 10.2 Å². The lowest BCUT2D eigenvalue weighted by atomic mass is 9.79. The van der Waals surface area contributed by atoms with Gasteiger partial charge in [-0.05, 0) is 43.2 Å². The zero-order valence-corrected chi connectivity index (χ0v) is 8.58. The lowest BCUT2D eigenvalue weighted by molar-refractivity contribution is 0.270. The van der Waals surface area contributed by atoms with Crippen LogP contribution in [0, 0.1) is 11.8 Å². The van der Waals surface area contributed by atoms with Gasteiger partial charge in [0.1, 0.15) is 0 Å². The van der Waals surface area contributed by atoms with Crippen LogP contribution in [-0.4, -0.2) is 16.7 Å². The lowest BCUT2D eigenvalue weighted by Gasteiger charge is -2.27. The Morgan fingerprint density at radius 1 is 1.43 bits per heavy atom. The average Bonchev–Trinajstić information content (AvgIpc) is 2.71. The minimum atomic E-state index is 0.764. The molecule has 1 aromatic rings. The van der Waals surface area contributed by atoms with E-state index in [1.165, 1.54) is 37.7 Å². The maximum atomic E-state index is 5.72. The molecule has 0 spiro atoms. The van der Waals surface area contributed by atoms with Crippen molar-refractivity contribution in [3.63, 3.8) is 0 Å². The Bertz CT molecular complexity index is 256. The van der Waals surface area contributed by atoms with Gasteiger partial charge in [-0.2, -0.15) is 5.10 Å². The highest BCUT2D eigenvalue weighted by atomic mass is 15.1. The van der Waals surface area contributed by atoms with Crippen LogP contribution in [0.15, 0.2) is 12.4 Å². The Balaban J connectivity index is 1.86. The molecule has 3 N–H and O–H groups in total. The van der Waals surface area contributed by atoms with E-state index in [9.17, 15) is 0 Å². The second-order valence-corrected chi connectivity index (χ2v) is 4.45. The summed E-state index contributed by atoms with van der Waals surface area (Å²) in [5.74, 6) is 1.59. The van der Waals surface area contributed by atoms with E-state index in [-0.39, 0.29) is 0 Å². The SMILES string of the molecule is NCC1CCCC(Cc2cn[nH]c2)C1. The Morgan fingerprint density at radius 2 is 2.29 bits per heavy atom. The molecule has 3 heteroatoms. The van der Waals surface area contributed by atoms with Crippen LogP contribution in [0.25, 0.3) is 0 Å². The molecule has 1 aliphatic carbocycles. The van der Waals surface area contributed by atoms with Crippen LogP contribution in [0.4, 0.5) is 0 Å². The van der Waals surface area contributed by atoms with E-state index >= 15 is 0 Å². The summed E-state index contributed by atoms with van der Waals surface area (Å²) < 4.78 is 0. The fourth-order valence-electron chi connectivity index (χ4n) is 2.52. The third-order valence-corrected chi connectivity index (χ3v) is 3.30. The number of hydrogen-bond acceptors (Lipinski definition) is 2. The van der Waals surface area contributed by atoms with Crippen molar-refractivity contribution in [3.05, 3.63) is 18.0 Å². The fraction of sp³-hybridized carbons (Fsp3) is 0.727. The molecule has 1 aliphatic rings. The Morgan fingerprint density at radius 3 is 3.00 bits per heavy atom. The zero-order chi connectivity index (χ0) is 9.80. The van der Waals surface area contributed by atoms with E-state index < -0.39 is 0 Å². The highest BCUT2D eigenvalue weighted by Gasteiger charge is 2.21. The molecular weight excluding hydrogens is 174 g/mol. The molecular formula is C11H19N3. The summed E-state index contributed by atoms with van der Waals surface area (Å²) in [6.45, 7) is 0.863. The van der Waals surface area contributed by atoms with E-state index in [0.29, 0.717) is 0 Å². The minimum Gasteiger partial charge on any atom is -0.330 e. The van der Waals surface area contributed by atoms with Gasteiger partial charge in [-0.3, -0.25) is 5.10 Å². The summed E-state index contributed by atoms with van der Waals surface area (Å²) in [5, 5.41) is 6.85. The van der Waals surface area contributed by atoms with Crippen molar-refractivity contribution in [2.24, 2.45) is 17.6 Å². The number of nitrogens with one attached hydrogen (secondary N) is 1. The van der Waals surface area contributed by atoms with E-state index in [1.54, 1.807) is 0 Å². The number of nitrogens with two attached hydrogens (primary N) is 1. The molecule has 1 saturated carbocycles. The van der Waals surface area contributed by atoms with Crippen LogP contribution < -0.4 is 5.73 Å². The smallest absolute Gasteiger partial charge is 0.0519 e.